The van der Waals surface area contributed by atoms with Crippen molar-refractivity contribution >= 4 is 10.1 Å². The van der Waals surface area contributed by atoms with Gasteiger partial charge < -0.3 is 0 Å². The van der Waals surface area contributed by atoms with E-state index in [1.807, 2.05) is 30.3 Å². The van der Waals surface area contributed by atoms with Crippen molar-refractivity contribution < 1.29 is 13.0 Å². The minimum absolute atomic E-state index is 0.0970. The van der Waals surface area contributed by atoms with Crippen molar-refractivity contribution in [2.24, 2.45) is 5.92 Å². The molecule has 1 atom stereocenters. The molecule has 0 bridgehead atoms. The van der Waals surface area contributed by atoms with Crippen LogP contribution in [0.25, 0.3) is 0 Å². The van der Waals surface area contributed by atoms with Crippen LogP contribution in [-0.2, 0) is 16.5 Å². The zero-order valence-corrected chi connectivity index (χ0v) is 9.74. The summed E-state index contributed by atoms with van der Waals surface area (Å²) in [5, 5.41) is -0.722. The third kappa shape index (κ3) is 3.64. The van der Waals surface area contributed by atoms with Crippen LogP contribution in [-0.4, -0.2) is 18.2 Å². The molecule has 84 valence electrons. The van der Waals surface area contributed by atoms with Gasteiger partial charge in [-0.05, 0) is 17.9 Å². The summed E-state index contributed by atoms with van der Waals surface area (Å²) in [6, 6.07) is 9.32. The molecular weight excluding hydrogens is 212 g/mol. The molecule has 0 spiro atoms. The summed E-state index contributed by atoms with van der Waals surface area (Å²) in [6.07, 6.45) is 0.358. The highest BCUT2D eigenvalue weighted by atomic mass is 32.2. The van der Waals surface area contributed by atoms with E-state index in [1.165, 1.54) is 0 Å². The second-order valence-corrected chi connectivity index (χ2v) is 5.62. The average Bonchev–Trinajstić information content (AvgIpc) is 2.13. The average molecular weight is 228 g/mol. The van der Waals surface area contributed by atoms with Crippen LogP contribution >= 0.6 is 0 Å². The van der Waals surface area contributed by atoms with Gasteiger partial charge in [0.1, 0.15) is 0 Å². The molecule has 3 nitrogen and oxygen atoms in total. The van der Waals surface area contributed by atoms with E-state index in [1.54, 1.807) is 13.8 Å². The molecule has 0 aliphatic rings. The van der Waals surface area contributed by atoms with Crippen LogP contribution < -0.4 is 0 Å². The largest absolute Gasteiger partial charge is 0.285 e. The molecule has 0 fully saturated rings. The number of hydrogen-bond donors (Lipinski definition) is 1. The minimum Gasteiger partial charge on any atom is -0.285 e. The Hall–Kier alpha value is -0.870. The predicted molar refractivity (Wildman–Crippen MR) is 60.3 cm³/mol. The lowest BCUT2D eigenvalue weighted by atomic mass is 10.0. The Labute approximate surface area is 90.9 Å². The van der Waals surface area contributed by atoms with E-state index in [9.17, 15) is 8.42 Å². The SMILES string of the molecule is CC(C)C(Cc1ccccc1)S(=O)(=O)O. The summed E-state index contributed by atoms with van der Waals surface area (Å²) in [5.41, 5.74) is 0.925. The number of rotatable bonds is 4. The van der Waals surface area contributed by atoms with Gasteiger partial charge in [0.2, 0.25) is 0 Å². The van der Waals surface area contributed by atoms with E-state index >= 15 is 0 Å². The van der Waals surface area contributed by atoms with Gasteiger partial charge in [0.05, 0.1) is 5.25 Å². The van der Waals surface area contributed by atoms with E-state index in [-0.39, 0.29) is 5.92 Å². The van der Waals surface area contributed by atoms with E-state index < -0.39 is 15.4 Å². The van der Waals surface area contributed by atoms with Crippen LogP contribution in [0.4, 0.5) is 0 Å². The molecule has 4 heteroatoms. The van der Waals surface area contributed by atoms with Crippen LogP contribution in [0.15, 0.2) is 30.3 Å². The topological polar surface area (TPSA) is 54.4 Å². The number of hydrogen-bond acceptors (Lipinski definition) is 2. The van der Waals surface area contributed by atoms with Gasteiger partial charge in [-0.25, -0.2) is 0 Å². The summed E-state index contributed by atoms with van der Waals surface area (Å²) >= 11 is 0. The summed E-state index contributed by atoms with van der Waals surface area (Å²) in [6.45, 7) is 3.59. The van der Waals surface area contributed by atoms with Crippen molar-refractivity contribution in [2.75, 3.05) is 0 Å². The molecule has 0 aliphatic heterocycles. The Balaban J connectivity index is 2.87. The predicted octanol–water partition coefficient (Wildman–Crippen LogP) is 2.14. The second kappa shape index (κ2) is 4.77. The summed E-state index contributed by atoms with van der Waals surface area (Å²) in [7, 11) is -3.96. The molecule has 1 rings (SSSR count). The standard InChI is InChI=1S/C11H16O3S/c1-9(2)11(15(12,13)14)8-10-6-4-3-5-7-10/h3-7,9,11H,8H2,1-2H3,(H,12,13,14). The van der Waals surface area contributed by atoms with Crippen LogP contribution in [0.5, 0.6) is 0 Å². The smallest absolute Gasteiger partial charge is 0.268 e. The first-order valence-corrected chi connectivity index (χ1v) is 6.42. The molecule has 1 aromatic rings. The molecule has 1 N–H and O–H groups in total. The molecule has 0 amide bonds. The Kier molecular flexibility index (Phi) is 3.88. The first kappa shape index (κ1) is 12.2. The Bertz CT molecular complexity index is 395. The van der Waals surface area contributed by atoms with Gasteiger partial charge in [0.15, 0.2) is 0 Å². The van der Waals surface area contributed by atoms with Gasteiger partial charge in [-0.1, -0.05) is 44.2 Å². The maximum Gasteiger partial charge on any atom is 0.268 e. The van der Waals surface area contributed by atoms with Crippen molar-refractivity contribution in [1.82, 2.24) is 0 Å². The van der Waals surface area contributed by atoms with Gasteiger partial charge in [-0.15, -0.1) is 0 Å². The van der Waals surface area contributed by atoms with E-state index in [2.05, 4.69) is 0 Å². The Morgan fingerprint density at radius 1 is 1.20 bits per heavy atom. The molecule has 15 heavy (non-hydrogen) atoms. The molecule has 0 radical (unpaired) electrons. The first-order valence-electron chi connectivity index (χ1n) is 4.91. The summed E-state index contributed by atoms with van der Waals surface area (Å²) in [4.78, 5) is 0. The van der Waals surface area contributed by atoms with E-state index in [0.717, 1.165) is 5.56 Å². The molecule has 0 saturated carbocycles. The molecule has 0 aromatic heterocycles. The Morgan fingerprint density at radius 3 is 2.13 bits per heavy atom. The van der Waals surface area contributed by atoms with Gasteiger partial charge in [0.25, 0.3) is 10.1 Å². The normalized spacial score (nSPS) is 14.1. The van der Waals surface area contributed by atoms with Crippen molar-refractivity contribution in [3.8, 4) is 0 Å². The number of benzene rings is 1. The van der Waals surface area contributed by atoms with Crippen LogP contribution in [0, 0.1) is 5.92 Å². The monoisotopic (exact) mass is 228 g/mol. The lowest BCUT2D eigenvalue weighted by Gasteiger charge is -2.17. The fourth-order valence-electron chi connectivity index (χ4n) is 1.53. The summed E-state index contributed by atoms with van der Waals surface area (Å²) < 4.78 is 31.3. The maximum atomic E-state index is 11.1. The molecule has 0 heterocycles. The fraction of sp³-hybridized carbons (Fsp3) is 0.455. The lowest BCUT2D eigenvalue weighted by molar-refractivity contribution is 0.440. The first-order chi connectivity index (χ1) is 6.91. The molecular formula is C11H16O3S. The highest BCUT2D eigenvalue weighted by Crippen LogP contribution is 2.16. The molecule has 1 aromatic carbocycles. The zero-order chi connectivity index (χ0) is 11.5. The van der Waals surface area contributed by atoms with Crippen molar-refractivity contribution in [3.63, 3.8) is 0 Å². The molecule has 0 saturated heterocycles. The minimum atomic E-state index is -3.96. The molecule has 1 unspecified atom stereocenters. The van der Waals surface area contributed by atoms with Crippen molar-refractivity contribution in [1.29, 1.82) is 0 Å². The third-order valence-corrected chi connectivity index (χ3v) is 3.88. The van der Waals surface area contributed by atoms with E-state index in [4.69, 9.17) is 4.55 Å². The van der Waals surface area contributed by atoms with Gasteiger partial charge in [-0.3, -0.25) is 4.55 Å². The highest BCUT2D eigenvalue weighted by Gasteiger charge is 2.26. The van der Waals surface area contributed by atoms with Gasteiger partial charge in [-0.2, -0.15) is 8.42 Å². The van der Waals surface area contributed by atoms with Crippen LogP contribution in [0.2, 0.25) is 0 Å². The maximum absolute atomic E-state index is 11.1. The van der Waals surface area contributed by atoms with Crippen molar-refractivity contribution in [3.05, 3.63) is 35.9 Å². The zero-order valence-electron chi connectivity index (χ0n) is 8.92. The Morgan fingerprint density at radius 2 is 1.73 bits per heavy atom. The van der Waals surface area contributed by atoms with Crippen LogP contribution in [0.3, 0.4) is 0 Å². The van der Waals surface area contributed by atoms with Crippen molar-refractivity contribution in [2.45, 2.75) is 25.5 Å². The van der Waals surface area contributed by atoms with Crippen LogP contribution in [0.1, 0.15) is 19.4 Å². The second-order valence-electron chi connectivity index (χ2n) is 3.99. The third-order valence-electron chi connectivity index (χ3n) is 2.41. The lowest BCUT2D eigenvalue weighted by Crippen LogP contribution is -2.28. The van der Waals surface area contributed by atoms with Gasteiger partial charge in [0, 0.05) is 0 Å². The summed E-state index contributed by atoms with van der Waals surface area (Å²) in [5.74, 6) is -0.0970. The quantitative estimate of drug-likeness (QED) is 0.803. The molecule has 0 aliphatic carbocycles. The fourth-order valence-corrected chi connectivity index (χ4v) is 2.62. The highest BCUT2D eigenvalue weighted by molar-refractivity contribution is 7.86. The van der Waals surface area contributed by atoms with Gasteiger partial charge >= 0.3 is 0 Å². The van der Waals surface area contributed by atoms with E-state index in [0.29, 0.717) is 6.42 Å².